The molecule has 5 nitrogen and oxygen atoms in total. The number of alkyl halides is 3. The van der Waals surface area contributed by atoms with Crippen molar-refractivity contribution < 1.29 is 22.8 Å². The van der Waals surface area contributed by atoms with E-state index >= 15 is 0 Å². The summed E-state index contributed by atoms with van der Waals surface area (Å²) in [5, 5.41) is 5.57. The molecule has 0 unspecified atom stereocenters. The van der Waals surface area contributed by atoms with Gasteiger partial charge < -0.3 is 15.5 Å². The van der Waals surface area contributed by atoms with Crippen molar-refractivity contribution in [2.75, 3.05) is 31.5 Å². The molecular weight excluding hydrogens is 359 g/mol. The minimum absolute atomic E-state index is 0. The molecule has 2 heterocycles. The molecule has 2 N–H and O–H groups in total. The molecule has 2 amide bonds. The van der Waals surface area contributed by atoms with Crippen LogP contribution in [0.3, 0.4) is 0 Å². The van der Waals surface area contributed by atoms with Gasteiger partial charge in [0.05, 0.1) is 5.56 Å². The first-order valence-corrected chi connectivity index (χ1v) is 7.74. The summed E-state index contributed by atoms with van der Waals surface area (Å²) in [7, 11) is 0. The monoisotopic (exact) mass is 377 g/mol. The van der Waals surface area contributed by atoms with Gasteiger partial charge in [-0.25, -0.2) is 0 Å². The maximum Gasteiger partial charge on any atom is 0.416 e. The van der Waals surface area contributed by atoms with Crippen LogP contribution in [0.5, 0.6) is 0 Å². The van der Waals surface area contributed by atoms with E-state index in [2.05, 4.69) is 10.6 Å². The number of nitrogens with one attached hydrogen (secondary N) is 2. The van der Waals surface area contributed by atoms with E-state index in [4.69, 9.17) is 0 Å². The summed E-state index contributed by atoms with van der Waals surface area (Å²) in [6.45, 7) is 3.95. The molecule has 1 aromatic carbocycles. The second kappa shape index (κ2) is 7.21. The normalized spacial score (nSPS) is 22.3. The lowest BCUT2D eigenvalue weighted by molar-refractivity contribution is -0.137. The number of carbonyl (C=O) groups excluding carboxylic acids is 2. The molecule has 2 aliphatic rings. The molecule has 3 rings (SSSR count). The van der Waals surface area contributed by atoms with Crippen LogP contribution < -0.4 is 10.6 Å². The van der Waals surface area contributed by atoms with Crippen LogP contribution in [-0.4, -0.2) is 42.9 Å². The van der Waals surface area contributed by atoms with Crippen molar-refractivity contribution in [3.63, 3.8) is 0 Å². The topological polar surface area (TPSA) is 61.4 Å². The molecule has 0 saturated carbocycles. The molecule has 0 aliphatic carbocycles. The maximum absolute atomic E-state index is 13.1. The first kappa shape index (κ1) is 19.5. The van der Waals surface area contributed by atoms with Gasteiger partial charge in [0.15, 0.2) is 0 Å². The third-order valence-electron chi connectivity index (χ3n) is 4.50. The minimum Gasteiger partial charge on any atom is -0.338 e. The number of carbonyl (C=O) groups is 2. The number of benzene rings is 1. The van der Waals surface area contributed by atoms with Crippen LogP contribution in [0.4, 0.5) is 18.9 Å². The molecule has 2 saturated heterocycles. The van der Waals surface area contributed by atoms with Gasteiger partial charge in [-0.3, -0.25) is 9.59 Å². The molecule has 138 valence electrons. The highest BCUT2D eigenvalue weighted by Crippen LogP contribution is 2.33. The number of rotatable bonds is 2. The molecule has 2 atom stereocenters. The van der Waals surface area contributed by atoms with Gasteiger partial charge in [-0.15, -0.1) is 12.4 Å². The van der Waals surface area contributed by atoms with E-state index in [9.17, 15) is 22.8 Å². The molecule has 1 aromatic rings. The fourth-order valence-corrected chi connectivity index (χ4v) is 3.39. The van der Waals surface area contributed by atoms with Crippen molar-refractivity contribution in [2.45, 2.75) is 13.1 Å². The number of amides is 2. The average molecular weight is 378 g/mol. The van der Waals surface area contributed by atoms with Crippen LogP contribution in [0.25, 0.3) is 0 Å². The van der Waals surface area contributed by atoms with Crippen molar-refractivity contribution in [1.82, 2.24) is 10.2 Å². The SMILES string of the molecule is CC(=O)Nc1cc(C(=O)N2C[C@H]3CNC[C@H]3C2)cc(C(F)(F)F)c1.Cl. The third kappa shape index (κ3) is 4.24. The number of halogens is 4. The molecule has 2 fully saturated rings. The van der Waals surface area contributed by atoms with Crippen LogP contribution in [-0.2, 0) is 11.0 Å². The summed E-state index contributed by atoms with van der Waals surface area (Å²) >= 11 is 0. The Morgan fingerprint density at radius 2 is 1.76 bits per heavy atom. The summed E-state index contributed by atoms with van der Waals surface area (Å²) in [6, 6.07) is 2.98. The van der Waals surface area contributed by atoms with Crippen LogP contribution in [0.2, 0.25) is 0 Å². The molecule has 9 heteroatoms. The van der Waals surface area contributed by atoms with E-state index in [0.717, 1.165) is 25.2 Å². The molecule has 2 aliphatic heterocycles. The van der Waals surface area contributed by atoms with Crippen molar-refractivity contribution >= 4 is 29.9 Å². The van der Waals surface area contributed by atoms with Crippen molar-refractivity contribution in [2.24, 2.45) is 11.8 Å². The second-order valence-corrected chi connectivity index (χ2v) is 6.37. The molecular formula is C16H19ClF3N3O2. The number of nitrogens with zero attached hydrogens (tertiary/aromatic N) is 1. The largest absolute Gasteiger partial charge is 0.416 e. The lowest BCUT2D eigenvalue weighted by atomic mass is 10.0. The Balaban J connectivity index is 0.00000225. The van der Waals surface area contributed by atoms with Crippen molar-refractivity contribution in [3.8, 4) is 0 Å². The van der Waals surface area contributed by atoms with Crippen LogP contribution in [0.1, 0.15) is 22.8 Å². The van der Waals surface area contributed by atoms with Crippen molar-refractivity contribution in [3.05, 3.63) is 29.3 Å². The average Bonchev–Trinajstić information content (AvgIpc) is 3.05. The standard InChI is InChI=1S/C16H18F3N3O2.ClH/c1-9(23)21-14-3-10(2-13(4-14)16(17,18)19)15(24)22-7-11-5-20-6-12(11)8-22;/h2-4,11-12,20H,5-8H2,1H3,(H,21,23);1H/t11-,12+;. The first-order chi connectivity index (χ1) is 11.2. The third-order valence-corrected chi connectivity index (χ3v) is 4.50. The Kier molecular flexibility index (Phi) is 5.63. The van der Waals surface area contributed by atoms with Crippen LogP contribution in [0, 0.1) is 11.8 Å². The summed E-state index contributed by atoms with van der Waals surface area (Å²) in [5.74, 6) is -0.208. The van der Waals surface area contributed by atoms with E-state index in [0.29, 0.717) is 24.9 Å². The molecule has 0 spiro atoms. The van der Waals surface area contributed by atoms with Gasteiger partial charge in [0, 0.05) is 44.4 Å². The van der Waals surface area contributed by atoms with E-state index in [1.54, 1.807) is 4.90 Å². The van der Waals surface area contributed by atoms with Gasteiger partial charge in [-0.2, -0.15) is 13.2 Å². The van der Waals surface area contributed by atoms with Gasteiger partial charge in [0.25, 0.3) is 5.91 Å². The highest BCUT2D eigenvalue weighted by atomic mass is 35.5. The Labute approximate surface area is 149 Å². The highest BCUT2D eigenvalue weighted by Gasteiger charge is 2.39. The first-order valence-electron chi connectivity index (χ1n) is 7.74. The number of anilines is 1. The number of hydrogen-bond acceptors (Lipinski definition) is 3. The zero-order valence-corrected chi connectivity index (χ0v) is 14.3. The molecule has 0 aromatic heterocycles. The number of fused-ring (bicyclic) bond motifs is 1. The smallest absolute Gasteiger partial charge is 0.338 e. The van der Waals surface area contributed by atoms with E-state index < -0.39 is 23.6 Å². The Morgan fingerprint density at radius 1 is 1.16 bits per heavy atom. The lowest BCUT2D eigenvalue weighted by Crippen LogP contribution is -2.32. The summed E-state index contributed by atoms with van der Waals surface area (Å²) in [5.41, 5.74) is -1.03. The molecule has 25 heavy (non-hydrogen) atoms. The number of hydrogen-bond donors (Lipinski definition) is 2. The summed E-state index contributed by atoms with van der Waals surface area (Å²) in [4.78, 5) is 25.4. The summed E-state index contributed by atoms with van der Waals surface area (Å²) in [6.07, 6.45) is -4.59. The zero-order valence-electron chi connectivity index (χ0n) is 13.5. The van der Waals surface area contributed by atoms with Crippen molar-refractivity contribution in [1.29, 1.82) is 0 Å². The number of likely N-dealkylation sites (tertiary alicyclic amines) is 1. The van der Waals surface area contributed by atoms with Gasteiger partial charge in [0.2, 0.25) is 5.91 Å². The van der Waals surface area contributed by atoms with E-state index in [1.807, 2.05) is 0 Å². The molecule has 0 bridgehead atoms. The van der Waals surface area contributed by atoms with Gasteiger partial charge >= 0.3 is 6.18 Å². The zero-order chi connectivity index (χ0) is 17.5. The van der Waals surface area contributed by atoms with Gasteiger partial charge in [-0.05, 0) is 30.0 Å². The van der Waals surface area contributed by atoms with E-state index in [1.165, 1.54) is 13.0 Å². The van der Waals surface area contributed by atoms with Gasteiger partial charge in [-0.1, -0.05) is 0 Å². The quantitative estimate of drug-likeness (QED) is 0.832. The maximum atomic E-state index is 13.1. The Hall–Kier alpha value is -1.80. The second-order valence-electron chi connectivity index (χ2n) is 6.37. The van der Waals surface area contributed by atoms with Gasteiger partial charge in [0.1, 0.15) is 0 Å². The fourth-order valence-electron chi connectivity index (χ4n) is 3.39. The summed E-state index contributed by atoms with van der Waals surface area (Å²) < 4.78 is 39.2. The molecule has 0 radical (unpaired) electrons. The fraction of sp³-hybridized carbons (Fsp3) is 0.500. The van der Waals surface area contributed by atoms with Crippen LogP contribution >= 0.6 is 12.4 Å². The predicted octanol–water partition coefficient (Wildman–Crippen LogP) is 2.38. The van der Waals surface area contributed by atoms with E-state index in [-0.39, 0.29) is 23.7 Å². The Bertz CT molecular complexity index is 669. The minimum atomic E-state index is -4.59. The Morgan fingerprint density at radius 3 is 2.28 bits per heavy atom. The lowest BCUT2D eigenvalue weighted by Gasteiger charge is -2.19. The predicted molar refractivity (Wildman–Crippen MR) is 88.7 cm³/mol. The van der Waals surface area contributed by atoms with Crippen LogP contribution in [0.15, 0.2) is 18.2 Å². The highest BCUT2D eigenvalue weighted by molar-refractivity contribution is 5.97.